The summed E-state index contributed by atoms with van der Waals surface area (Å²) in [5.41, 5.74) is 8.63. The maximum Gasteiger partial charge on any atom is 0.312 e. The molecule has 0 atom stereocenters. The predicted octanol–water partition coefficient (Wildman–Crippen LogP) is 1.85. The second-order valence-electron chi connectivity index (χ2n) is 5.66. The van der Waals surface area contributed by atoms with Gasteiger partial charge in [-0.1, -0.05) is 24.3 Å². The van der Waals surface area contributed by atoms with E-state index in [1.165, 1.54) is 0 Å². The highest BCUT2D eigenvalue weighted by atomic mass is 16.2. The SMILES string of the molecule is CN(C)c1ccc(CNC(=O)c2ccc(CNC(N)=O)cc2)cc1. The van der Waals surface area contributed by atoms with Gasteiger partial charge in [-0.25, -0.2) is 4.79 Å². The number of urea groups is 1. The van der Waals surface area contributed by atoms with Gasteiger partial charge in [0.2, 0.25) is 0 Å². The van der Waals surface area contributed by atoms with Crippen LogP contribution in [-0.4, -0.2) is 26.0 Å². The summed E-state index contributed by atoms with van der Waals surface area (Å²) in [7, 11) is 3.97. The number of hydrogen-bond donors (Lipinski definition) is 3. The summed E-state index contributed by atoms with van der Waals surface area (Å²) in [6.07, 6.45) is 0. The summed E-state index contributed by atoms with van der Waals surface area (Å²) < 4.78 is 0. The van der Waals surface area contributed by atoms with Gasteiger partial charge in [0.05, 0.1) is 0 Å². The Balaban J connectivity index is 1.88. The molecule has 0 aromatic heterocycles. The first kappa shape index (κ1) is 17.3. The summed E-state index contributed by atoms with van der Waals surface area (Å²) in [4.78, 5) is 24.9. The minimum Gasteiger partial charge on any atom is -0.378 e. The molecule has 2 aromatic carbocycles. The predicted molar refractivity (Wildman–Crippen MR) is 94.8 cm³/mol. The minimum absolute atomic E-state index is 0.138. The number of benzene rings is 2. The van der Waals surface area contributed by atoms with Gasteiger partial charge in [-0.15, -0.1) is 0 Å². The van der Waals surface area contributed by atoms with Crippen molar-refractivity contribution in [1.29, 1.82) is 0 Å². The Bertz CT molecular complexity index is 694. The van der Waals surface area contributed by atoms with Crippen molar-refractivity contribution in [3.63, 3.8) is 0 Å². The first-order valence-corrected chi connectivity index (χ1v) is 7.62. The third-order valence-electron chi connectivity index (χ3n) is 3.59. The number of rotatable bonds is 6. The molecule has 4 N–H and O–H groups in total. The third kappa shape index (κ3) is 5.01. The first-order chi connectivity index (χ1) is 11.5. The molecule has 0 saturated heterocycles. The van der Waals surface area contributed by atoms with Crippen LogP contribution >= 0.6 is 0 Å². The van der Waals surface area contributed by atoms with Gasteiger partial charge in [-0.05, 0) is 35.4 Å². The molecular weight excluding hydrogens is 304 g/mol. The lowest BCUT2D eigenvalue weighted by Gasteiger charge is -2.13. The van der Waals surface area contributed by atoms with Gasteiger partial charge in [0.25, 0.3) is 5.91 Å². The minimum atomic E-state index is -0.572. The Kier molecular flexibility index (Phi) is 5.78. The zero-order chi connectivity index (χ0) is 17.5. The lowest BCUT2D eigenvalue weighted by molar-refractivity contribution is 0.0951. The summed E-state index contributed by atoms with van der Waals surface area (Å²) in [5.74, 6) is -0.138. The van der Waals surface area contributed by atoms with Gasteiger partial charge >= 0.3 is 6.03 Å². The highest BCUT2D eigenvalue weighted by Crippen LogP contribution is 2.12. The van der Waals surface area contributed by atoms with E-state index in [0.717, 1.165) is 16.8 Å². The Morgan fingerprint density at radius 2 is 1.38 bits per heavy atom. The number of nitrogens with two attached hydrogens (primary N) is 1. The van der Waals surface area contributed by atoms with E-state index >= 15 is 0 Å². The van der Waals surface area contributed by atoms with E-state index in [1.807, 2.05) is 43.3 Å². The van der Waals surface area contributed by atoms with E-state index in [4.69, 9.17) is 5.73 Å². The molecule has 0 heterocycles. The molecule has 0 bridgehead atoms. The fourth-order valence-corrected chi connectivity index (χ4v) is 2.16. The van der Waals surface area contributed by atoms with Crippen molar-refractivity contribution in [3.8, 4) is 0 Å². The number of amides is 3. The average Bonchev–Trinajstić information content (AvgIpc) is 2.58. The Morgan fingerprint density at radius 1 is 0.875 bits per heavy atom. The van der Waals surface area contributed by atoms with Crippen LogP contribution in [-0.2, 0) is 13.1 Å². The summed E-state index contributed by atoms with van der Waals surface area (Å²) in [6, 6.07) is 14.5. The first-order valence-electron chi connectivity index (χ1n) is 7.62. The molecule has 6 heteroatoms. The summed E-state index contributed by atoms with van der Waals surface area (Å²) in [5, 5.41) is 5.40. The molecule has 0 aliphatic rings. The van der Waals surface area contributed by atoms with Crippen molar-refractivity contribution in [2.45, 2.75) is 13.1 Å². The topological polar surface area (TPSA) is 87.5 Å². The van der Waals surface area contributed by atoms with Crippen LogP contribution in [0.1, 0.15) is 21.5 Å². The Morgan fingerprint density at radius 3 is 1.88 bits per heavy atom. The second-order valence-corrected chi connectivity index (χ2v) is 5.66. The zero-order valence-electron chi connectivity index (χ0n) is 13.9. The lowest BCUT2D eigenvalue weighted by Crippen LogP contribution is -2.28. The fourth-order valence-electron chi connectivity index (χ4n) is 2.16. The van der Waals surface area contributed by atoms with Gasteiger partial charge in [-0.2, -0.15) is 0 Å². The highest BCUT2D eigenvalue weighted by Gasteiger charge is 2.06. The van der Waals surface area contributed by atoms with Gasteiger partial charge in [-0.3, -0.25) is 4.79 Å². The maximum absolute atomic E-state index is 12.2. The molecule has 126 valence electrons. The Labute approximate surface area is 141 Å². The average molecular weight is 326 g/mol. The molecule has 0 unspecified atom stereocenters. The van der Waals surface area contributed by atoms with E-state index in [-0.39, 0.29) is 5.91 Å². The van der Waals surface area contributed by atoms with Crippen LogP contribution in [0.4, 0.5) is 10.5 Å². The van der Waals surface area contributed by atoms with Crippen LogP contribution in [0, 0.1) is 0 Å². The van der Waals surface area contributed by atoms with Crippen molar-refractivity contribution in [3.05, 3.63) is 65.2 Å². The van der Waals surface area contributed by atoms with Crippen molar-refractivity contribution in [2.24, 2.45) is 5.73 Å². The maximum atomic E-state index is 12.2. The van der Waals surface area contributed by atoms with Crippen LogP contribution < -0.4 is 21.3 Å². The van der Waals surface area contributed by atoms with Crippen LogP contribution in [0.2, 0.25) is 0 Å². The van der Waals surface area contributed by atoms with E-state index in [1.54, 1.807) is 24.3 Å². The van der Waals surface area contributed by atoms with Gasteiger partial charge in [0, 0.05) is 38.4 Å². The number of carbonyl (C=O) groups is 2. The van der Waals surface area contributed by atoms with Crippen LogP contribution in [0.5, 0.6) is 0 Å². The number of primary amides is 1. The summed E-state index contributed by atoms with van der Waals surface area (Å²) in [6.45, 7) is 0.812. The zero-order valence-corrected chi connectivity index (χ0v) is 13.9. The standard InChI is InChI=1S/C18H22N4O2/c1-22(2)16-9-5-14(6-10-16)11-20-17(23)15-7-3-13(4-8-15)12-21-18(19)24/h3-10H,11-12H2,1-2H3,(H,20,23)(H3,19,21,24). The van der Waals surface area contributed by atoms with Crippen LogP contribution in [0.3, 0.4) is 0 Å². The van der Waals surface area contributed by atoms with E-state index < -0.39 is 6.03 Å². The van der Waals surface area contributed by atoms with Gasteiger partial charge < -0.3 is 21.3 Å². The van der Waals surface area contributed by atoms with Crippen molar-refractivity contribution in [2.75, 3.05) is 19.0 Å². The Hall–Kier alpha value is -3.02. The van der Waals surface area contributed by atoms with Crippen molar-refractivity contribution in [1.82, 2.24) is 10.6 Å². The molecular formula is C18H22N4O2. The van der Waals surface area contributed by atoms with Gasteiger partial charge in [0.15, 0.2) is 0 Å². The number of nitrogens with zero attached hydrogens (tertiary/aromatic N) is 1. The fraction of sp³-hybridized carbons (Fsp3) is 0.222. The highest BCUT2D eigenvalue weighted by molar-refractivity contribution is 5.94. The number of hydrogen-bond acceptors (Lipinski definition) is 3. The molecule has 0 saturated carbocycles. The second kappa shape index (κ2) is 8.01. The molecule has 2 aromatic rings. The normalized spacial score (nSPS) is 10.1. The third-order valence-corrected chi connectivity index (χ3v) is 3.59. The quantitative estimate of drug-likeness (QED) is 0.757. The van der Waals surface area contributed by atoms with Crippen molar-refractivity contribution < 1.29 is 9.59 Å². The molecule has 0 radical (unpaired) electrons. The molecule has 24 heavy (non-hydrogen) atoms. The largest absolute Gasteiger partial charge is 0.378 e. The van der Waals surface area contributed by atoms with Crippen LogP contribution in [0.15, 0.2) is 48.5 Å². The molecule has 0 spiro atoms. The van der Waals surface area contributed by atoms with E-state index in [9.17, 15) is 9.59 Å². The summed E-state index contributed by atoms with van der Waals surface area (Å²) >= 11 is 0. The lowest BCUT2D eigenvalue weighted by atomic mass is 10.1. The molecule has 0 aliphatic carbocycles. The molecule has 0 aliphatic heterocycles. The number of anilines is 1. The van der Waals surface area contributed by atoms with E-state index in [2.05, 4.69) is 10.6 Å². The van der Waals surface area contributed by atoms with E-state index in [0.29, 0.717) is 18.7 Å². The number of nitrogens with one attached hydrogen (secondary N) is 2. The van der Waals surface area contributed by atoms with Crippen LogP contribution in [0.25, 0.3) is 0 Å². The molecule has 0 fully saturated rings. The number of carbonyl (C=O) groups excluding carboxylic acids is 2. The molecule has 2 rings (SSSR count). The molecule has 3 amide bonds. The molecule has 6 nitrogen and oxygen atoms in total. The van der Waals surface area contributed by atoms with Gasteiger partial charge in [0.1, 0.15) is 0 Å². The smallest absolute Gasteiger partial charge is 0.312 e. The monoisotopic (exact) mass is 326 g/mol. The van der Waals surface area contributed by atoms with Crippen molar-refractivity contribution >= 4 is 17.6 Å².